The zero-order chi connectivity index (χ0) is 14.1. The smallest absolute Gasteiger partial charge is 0.251 e. The summed E-state index contributed by atoms with van der Waals surface area (Å²) >= 11 is 3.50. The van der Waals surface area contributed by atoms with E-state index in [1.165, 1.54) is 19.3 Å². The number of aromatic amines is 1. The molecule has 0 aliphatic heterocycles. The van der Waals surface area contributed by atoms with Gasteiger partial charge in [-0.15, -0.1) is 0 Å². The number of hydrogen-bond donors (Lipinski definition) is 1. The Morgan fingerprint density at radius 1 is 1.20 bits per heavy atom. The largest absolute Gasteiger partial charge is 0.495 e. The number of pyridine rings is 1. The van der Waals surface area contributed by atoms with E-state index in [4.69, 9.17) is 4.74 Å². The first-order valence-electron chi connectivity index (χ1n) is 7.09. The lowest BCUT2D eigenvalue weighted by Crippen LogP contribution is -2.18. The lowest BCUT2D eigenvalue weighted by Gasteiger charge is -2.21. The van der Waals surface area contributed by atoms with Gasteiger partial charge in [-0.25, -0.2) is 0 Å². The monoisotopic (exact) mass is 335 g/mol. The first-order valence-corrected chi connectivity index (χ1v) is 7.89. The number of methoxy groups -OCH3 is 1. The Hall–Kier alpha value is -1.29. The van der Waals surface area contributed by atoms with Crippen molar-refractivity contribution in [3.8, 4) is 5.75 Å². The van der Waals surface area contributed by atoms with Gasteiger partial charge in [-0.05, 0) is 52.2 Å². The summed E-state index contributed by atoms with van der Waals surface area (Å²) in [6.07, 6.45) is 6.02. The van der Waals surface area contributed by atoms with Crippen LogP contribution < -0.4 is 10.3 Å². The Bertz CT molecular complexity index is 687. The van der Waals surface area contributed by atoms with Gasteiger partial charge in [0.05, 0.1) is 17.1 Å². The van der Waals surface area contributed by atoms with Crippen LogP contribution in [0, 0.1) is 0 Å². The van der Waals surface area contributed by atoms with E-state index in [9.17, 15) is 4.79 Å². The molecule has 4 heteroatoms. The van der Waals surface area contributed by atoms with Crippen molar-refractivity contribution in [3.05, 3.63) is 38.6 Å². The predicted molar refractivity (Wildman–Crippen MR) is 84.6 cm³/mol. The number of rotatable bonds is 2. The normalized spacial score (nSPS) is 16.5. The van der Waals surface area contributed by atoms with Crippen LogP contribution in [0.1, 0.15) is 43.6 Å². The summed E-state index contributed by atoms with van der Waals surface area (Å²) in [5.74, 6) is 1.15. The van der Waals surface area contributed by atoms with Crippen LogP contribution in [0.25, 0.3) is 10.9 Å². The second-order valence-corrected chi connectivity index (χ2v) is 6.32. The molecule has 2 aromatic rings. The summed E-state index contributed by atoms with van der Waals surface area (Å²) in [7, 11) is 1.63. The fourth-order valence-corrected chi connectivity index (χ4v) is 3.62. The standard InChI is InChI=1S/C16H18BrNO2/c1-20-15-9-14-11(8-13(15)17)7-12(16(19)18-14)10-5-3-2-4-6-10/h7-10H,2-6H2,1H3,(H,18,19). The predicted octanol–water partition coefficient (Wildman–Crippen LogP) is 4.35. The van der Waals surface area contributed by atoms with Crippen LogP contribution in [0.15, 0.2) is 27.5 Å². The Balaban J connectivity index is 2.11. The molecule has 1 aromatic heterocycles. The van der Waals surface area contributed by atoms with E-state index in [0.29, 0.717) is 5.92 Å². The SMILES string of the molecule is COc1cc2[nH]c(=O)c(C3CCCCC3)cc2cc1Br. The van der Waals surface area contributed by atoms with Crippen LogP contribution in [0.4, 0.5) is 0 Å². The summed E-state index contributed by atoms with van der Waals surface area (Å²) in [6, 6.07) is 5.93. The van der Waals surface area contributed by atoms with Gasteiger partial charge in [0.25, 0.3) is 5.56 Å². The van der Waals surface area contributed by atoms with E-state index < -0.39 is 0 Å². The topological polar surface area (TPSA) is 42.1 Å². The molecule has 0 unspecified atom stereocenters. The minimum atomic E-state index is 0.0498. The van der Waals surface area contributed by atoms with E-state index in [1.807, 2.05) is 18.2 Å². The van der Waals surface area contributed by atoms with Gasteiger partial charge in [0.2, 0.25) is 0 Å². The van der Waals surface area contributed by atoms with Crippen LogP contribution in [-0.4, -0.2) is 12.1 Å². The molecule has 1 fully saturated rings. The van der Waals surface area contributed by atoms with Crippen molar-refractivity contribution in [2.45, 2.75) is 38.0 Å². The van der Waals surface area contributed by atoms with Crippen molar-refractivity contribution < 1.29 is 4.74 Å². The molecule has 1 N–H and O–H groups in total. The number of hydrogen-bond acceptors (Lipinski definition) is 2. The van der Waals surface area contributed by atoms with Crippen molar-refractivity contribution in [1.29, 1.82) is 0 Å². The van der Waals surface area contributed by atoms with Crippen molar-refractivity contribution in [2.24, 2.45) is 0 Å². The lowest BCUT2D eigenvalue weighted by molar-refractivity contribution is 0.412. The second kappa shape index (κ2) is 5.60. The number of fused-ring (bicyclic) bond motifs is 1. The number of benzene rings is 1. The molecule has 0 saturated heterocycles. The highest BCUT2D eigenvalue weighted by atomic mass is 79.9. The average molecular weight is 336 g/mol. The van der Waals surface area contributed by atoms with Crippen molar-refractivity contribution in [3.63, 3.8) is 0 Å². The number of H-pyrrole nitrogens is 1. The number of aromatic nitrogens is 1. The molecule has 0 atom stereocenters. The van der Waals surface area contributed by atoms with Crippen LogP contribution in [0.2, 0.25) is 0 Å². The van der Waals surface area contributed by atoms with Gasteiger partial charge >= 0.3 is 0 Å². The van der Waals surface area contributed by atoms with E-state index in [1.54, 1.807) is 7.11 Å². The van der Waals surface area contributed by atoms with Gasteiger partial charge in [-0.2, -0.15) is 0 Å². The van der Waals surface area contributed by atoms with Gasteiger partial charge < -0.3 is 9.72 Å². The Morgan fingerprint density at radius 2 is 1.95 bits per heavy atom. The number of ether oxygens (including phenoxy) is 1. The van der Waals surface area contributed by atoms with Crippen LogP contribution >= 0.6 is 15.9 Å². The Morgan fingerprint density at radius 3 is 2.65 bits per heavy atom. The zero-order valence-electron chi connectivity index (χ0n) is 11.5. The van der Waals surface area contributed by atoms with Crippen molar-refractivity contribution in [1.82, 2.24) is 4.98 Å². The summed E-state index contributed by atoms with van der Waals surface area (Å²) in [5, 5.41) is 1.05. The highest BCUT2D eigenvalue weighted by molar-refractivity contribution is 9.10. The minimum Gasteiger partial charge on any atom is -0.495 e. The third-order valence-corrected chi connectivity index (χ3v) is 4.81. The van der Waals surface area contributed by atoms with Crippen LogP contribution in [0.3, 0.4) is 0 Å². The van der Waals surface area contributed by atoms with Crippen LogP contribution in [-0.2, 0) is 0 Å². The molecule has 20 heavy (non-hydrogen) atoms. The van der Waals surface area contributed by atoms with Gasteiger partial charge in [-0.3, -0.25) is 4.79 Å². The second-order valence-electron chi connectivity index (χ2n) is 5.46. The van der Waals surface area contributed by atoms with E-state index >= 15 is 0 Å². The zero-order valence-corrected chi connectivity index (χ0v) is 13.1. The molecular formula is C16H18BrNO2. The molecule has 0 amide bonds. The molecule has 0 spiro atoms. The molecule has 1 aromatic carbocycles. The first kappa shape index (κ1) is 13.7. The third-order valence-electron chi connectivity index (χ3n) is 4.19. The fraction of sp³-hybridized carbons (Fsp3) is 0.438. The summed E-state index contributed by atoms with van der Waals surface area (Å²) in [6.45, 7) is 0. The molecule has 0 radical (unpaired) electrons. The summed E-state index contributed by atoms with van der Waals surface area (Å²) in [4.78, 5) is 15.3. The molecule has 3 rings (SSSR count). The van der Waals surface area contributed by atoms with Gasteiger partial charge in [0.15, 0.2) is 0 Å². The maximum atomic E-state index is 12.3. The number of halogens is 1. The Kier molecular flexibility index (Phi) is 3.83. The summed E-state index contributed by atoms with van der Waals surface area (Å²) < 4.78 is 6.18. The highest BCUT2D eigenvalue weighted by Gasteiger charge is 2.19. The highest BCUT2D eigenvalue weighted by Crippen LogP contribution is 2.33. The quantitative estimate of drug-likeness (QED) is 0.886. The van der Waals surface area contributed by atoms with Gasteiger partial charge in [0, 0.05) is 11.6 Å². The average Bonchev–Trinajstić information content (AvgIpc) is 2.47. The molecule has 1 aliphatic carbocycles. The van der Waals surface area contributed by atoms with Gasteiger partial charge in [0.1, 0.15) is 5.75 Å². The van der Waals surface area contributed by atoms with E-state index in [0.717, 1.165) is 39.5 Å². The molecule has 3 nitrogen and oxygen atoms in total. The summed E-state index contributed by atoms with van der Waals surface area (Å²) in [5.41, 5.74) is 1.82. The van der Waals surface area contributed by atoms with E-state index in [-0.39, 0.29) is 5.56 Å². The molecule has 0 bridgehead atoms. The lowest BCUT2D eigenvalue weighted by atomic mass is 9.84. The first-order chi connectivity index (χ1) is 9.69. The van der Waals surface area contributed by atoms with Gasteiger partial charge in [-0.1, -0.05) is 19.3 Å². The maximum Gasteiger partial charge on any atom is 0.251 e. The molecule has 1 heterocycles. The fourth-order valence-electron chi connectivity index (χ4n) is 3.10. The van der Waals surface area contributed by atoms with E-state index in [2.05, 4.69) is 20.9 Å². The van der Waals surface area contributed by atoms with Crippen molar-refractivity contribution >= 4 is 26.8 Å². The molecule has 106 valence electrons. The van der Waals surface area contributed by atoms with Crippen LogP contribution in [0.5, 0.6) is 5.75 Å². The molecular weight excluding hydrogens is 318 g/mol. The minimum absolute atomic E-state index is 0.0498. The Labute approximate surface area is 126 Å². The number of nitrogens with one attached hydrogen (secondary N) is 1. The maximum absolute atomic E-state index is 12.3. The molecule has 1 saturated carbocycles. The molecule has 1 aliphatic rings. The van der Waals surface area contributed by atoms with Crippen molar-refractivity contribution in [2.75, 3.05) is 7.11 Å². The third kappa shape index (κ3) is 2.49.